The normalized spacial score (nSPS) is 12.2. The molecule has 0 radical (unpaired) electrons. The number of carbonyl (C=O) groups excluding carboxylic acids is 2. The summed E-state index contributed by atoms with van der Waals surface area (Å²) in [4.78, 5) is 41.1. The van der Waals surface area contributed by atoms with Crippen LogP contribution in [0, 0.1) is 0 Å². The molecule has 7 nitrogen and oxygen atoms in total. The van der Waals surface area contributed by atoms with Gasteiger partial charge in [0.2, 0.25) is 5.91 Å². The number of amides is 1. The molecule has 26 heavy (non-hydrogen) atoms. The van der Waals surface area contributed by atoms with E-state index in [1.54, 1.807) is 31.2 Å². The number of para-hydroxylation sites is 1. The van der Waals surface area contributed by atoms with Gasteiger partial charge in [-0.25, -0.2) is 4.98 Å². The van der Waals surface area contributed by atoms with Crippen molar-refractivity contribution in [2.24, 2.45) is 0 Å². The Kier molecular flexibility index (Phi) is 6.79. The zero-order valence-corrected chi connectivity index (χ0v) is 16.1. The molecule has 0 bridgehead atoms. The van der Waals surface area contributed by atoms with Crippen molar-refractivity contribution in [3.63, 3.8) is 0 Å². The molecule has 140 valence electrons. The Balaban J connectivity index is 2.40. The summed E-state index contributed by atoms with van der Waals surface area (Å²) in [6.45, 7) is 5.67. The second-order valence-corrected chi connectivity index (χ2v) is 7.43. The van der Waals surface area contributed by atoms with E-state index in [0.717, 1.165) is 0 Å². The Morgan fingerprint density at radius 2 is 1.96 bits per heavy atom. The number of rotatable bonds is 7. The average molecular weight is 377 g/mol. The predicted octanol–water partition coefficient (Wildman–Crippen LogP) is 1.96. The van der Waals surface area contributed by atoms with E-state index in [1.807, 2.05) is 13.8 Å². The number of esters is 1. The highest BCUT2D eigenvalue weighted by Gasteiger charge is 2.20. The van der Waals surface area contributed by atoms with Gasteiger partial charge >= 0.3 is 5.97 Å². The van der Waals surface area contributed by atoms with Crippen LogP contribution < -0.4 is 10.9 Å². The summed E-state index contributed by atoms with van der Waals surface area (Å²) in [6, 6.07) is 7.04. The van der Waals surface area contributed by atoms with Crippen LogP contribution in [0.1, 0.15) is 27.2 Å². The van der Waals surface area contributed by atoms with Gasteiger partial charge in [-0.3, -0.25) is 19.0 Å². The first-order chi connectivity index (χ1) is 12.3. The van der Waals surface area contributed by atoms with E-state index in [4.69, 9.17) is 0 Å². The van der Waals surface area contributed by atoms with Crippen LogP contribution in [0.25, 0.3) is 10.9 Å². The molecule has 1 aromatic heterocycles. The van der Waals surface area contributed by atoms with Gasteiger partial charge in [0.1, 0.15) is 0 Å². The third kappa shape index (κ3) is 4.85. The lowest BCUT2D eigenvalue weighted by Gasteiger charge is -2.17. The molecule has 1 atom stereocenters. The number of nitrogens with one attached hydrogen (secondary N) is 1. The molecule has 0 aliphatic heterocycles. The molecule has 1 heterocycles. The van der Waals surface area contributed by atoms with Crippen LogP contribution in [0.3, 0.4) is 0 Å². The summed E-state index contributed by atoms with van der Waals surface area (Å²) >= 11 is 1.20. The summed E-state index contributed by atoms with van der Waals surface area (Å²) in [5.74, 6) is -0.543. The summed E-state index contributed by atoms with van der Waals surface area (Å²) < 4.78 is 6.09. The van der Waals surface area contributed by atoms with Gasteiger partial charge in [0, 0.05) is 12.6 Å². The lowest BCUT2D eigenvalue weighted by atomic mass is 10.2. The standard InChI is InChI=1S/C18H23N3O4S/c1-11(2)19-16(23)12(3)26-18-20-14-8-6-5-7-13(14)17(24)21(18)10-9-15(22)25-4/h5-8,11-12H,9-10H2,1-4H3,(H,19,23)/t12-/m0/s1. The number of benzene rings is 1. The molecule has 2 rings (SSSR count). The van der Waals surface area contributed by atoms with Crippen molar-refractivity contribution in [3.05, 3.63) is 34.6 Å². The first kappa shape index (κ1) is 20.0. The van der Waals surface area contributed by atoms with Crippen molar-refractivity contribution in [1.29, 1.82) is 0 Å². The molecule has 0 aliphatic rings. The fraction of sp³-hybridized carbons (Fsp3) is 0.444. The van der Waals surface area contributed by atoms with Gasteiger partial charge in [-0.05, 0) is 32.9 Å². The molecular formula is C18H23N3O4S. The molecule has 1 aromatic carbocycles. The van der Waals surface area contributed by atoms with E-state index in [0.29, 0.717) is 16.1 Å². The molecule has 0 unspecified atom stereocenters. The summed E-state index contributed by atoms with van der Waals surface area (Å²) in [7, 11) is 1.30. The van der Waals surface area contributed by atoms with Crippen molar-refractivity contribution in [2.75, 3.05) is 7.11 Å². The van der Waals surface area contributed by atoms with Gasteiger partial charge in [0.15, 0.2) is 5.16 Å². The second-order valence-electron chi connectivity index (χ2n) is 6.12. The quantitative estimate of drug-likeness (QED) is 0.451. The van der Waals surface area contributed by atoms with Gasteiger partial charge < -0.3 is 10.1 Å². The molecule has 1 N–H and O–H groups in total. The van der Waals surface area contributed by atoms with Crippen LogP contribution in [0.2, 0.25) is 0 Å². The zero-order chi connectivity index (χ0) is 19.3. The first-order valence-electron chi connectivity index (χ1n) is 8.37. The fourth-order valence-electron chi connectivity index (χ4n) is 2.35. The fourth-order valence-corrected chi connectivity index (χ4v) is 3.30. The Morgan fingerprint density at radius 1 is 1.27 bits per heavy atom. The number of carbonyl (C=O) groups is 2. The minimum absolute atomic E-state index is 0.0247. The van der Waals surface area contributed by atoms with Crippen LogP contribution in [-0.2, 0) is 20.9 Å². The van der Waals surface area contributed by atoms with Crippen molar-refractivity contribution in [3.8, 4) is 0 Å². The van der Waals surface area contributed by atoms with E-state index in [-0.39, 0.29) is 30.5 Å². The van der Waals surface area contributed by atoms with Crippen LogP contribution in [0.5, 0.6) is 0 Å². The number of thioether (sulfide) groups is 1. The van der Waals surface area contributed by atoms with Crippen LogP contribution in [0.15, 0.2) is 34.2 Å². The summed E-state index contributed by atoms with van der Waals surface area (Å²) in [5, 5.41) is 3.29. The van der Waals surface area contributed by atoms with Crippen molar-refractivity contribution in [1.82, 2.24) is 14.9 Å². The predicted molar refractivity (Wildman–Crippen MR) is 101 cm³/mol. The highest BCUT2D eigenvalue weighted by Crippen LogP contribution is 2.23. The lowest BCUT2D eigenvalue weighted by molar-refractivity contribution is -0.140. The number of nitrogens with zero attached hydrogens (tertiary/aromatic N) is 2. The largest absolute Gasteiger partial charge is 0.469 e. The molecular weight excluding hydrogens is 354 g/mol. The number of fused-ring (bicyclic) bond motifs is 1. The van der Waals surface area contributed by atoms with Gasteiger partial charge in [0.05, 0.1) is 29.7 Å². The number of methoxy groups -OCH3 is 1. The molecule has 0 saturated heterocycles. The number of aromatic nitrogens is 2. The monoisotopic (exact) mass is 377 g/mol. The molecule has 0 aliphatic carbocycles. The molecule has 0 spiro atoms. The van der Waals surface area contributed by atoms with Gasteiger partial charge in [-0.15, -0.1) is 0 Å². The number of hydrogen-bond acceptors (Lipinski definition) is 6. The van der Waals surface area contributed by atoms with Crippen LogP contribution >= 0.6 is 11.8 Å². The van der Waals surface area contributed by atoms with E-state index >= 15 is 0 Å². The minimum Gasteiger partial charge on any atom is -0.469 e. The van der Waals surface area contributed by atoms with Gasteiger partial charge in [-0.1, -0.05) is 23.9 Å². The van der Waals surface area contributed by atoms with Gasteiger partial charge in [-0.2, -0.15) is 0 Å². The average Bonchev–Trinajstić information content (AvgIpc) is 2.60. The SMILES string of the molecule is COC(=O)CCn1c(S[C@@H](C)C(=O)NC(C)C)nc2ccccc2c1=O. The maximum absolute atomic E-state index is 12.8. The Morgan fingerprint density at radius 3 is 2.62 bits per heavy atom. The topological polar surface area (TPSA) is 90.3 Å². The summed E-state index contributed by atoms with van der Waals surface area (Å²) in [6.07, 6.45) is 0.0521. The summed E-state index contributed by atoms with van der Waals surface area (Å²) in [5.41, 5.74) is 0.323. The Hall–Kier alpha value is -2.35. The van der Waals surface area contributed by atoms with E-state index < -0.39 is 11.2 Å². The van der Waals surface area contributed by atoms with Crippen molar-refractivity contribution >= 4 is 34.5 Å². The Bertz CT molecular complexity index is 863. The van der Waals surface area contributed by atoms with E-state index in [9.17, 15) is 14.4 Å². The van der Waals surface area contributed by atoms with Crippen molar-refractivity contribution in [2.45, 2.75) is 50.2 Å². The maximum Gasteiger partial charge on any atom is 0.307 e. The smallest absolute Gasteiger partial charge is 0.307 e. The number of ether oxygens (including phenoxy) is 1. The van der Waals surface area contributed by atoms with E-state index in [2.05, 4.69) is 15.0 Å². The lowest BCUT2D eigenvalue weighted by Crippen LogP contribution is -2.36. The second kappa shape index (κ2) is 8.84. The molecule has 8 heteroatoms. The van der Waals surface area contributed by atoms with Crippen LogP contribution in [-0.4, -0.2) is 39.8 Å². The van der Waals surface area contributed by atoms with Crippen LogP contribution in [0.4, 0.5) is 0 Å². The molecule has 1 amide bonds. The van der Waals surface area contributed by atoms with Gasteiger partial charge in [0.25, 0.3) is 5.56 Å². The highest BCUT2D eigenvalue weighted by molar-refractivity contribution is 8.00. The first-order valence-corrected chi connectivity index (χ1v) is 9.25. The van der Waals surface area contributed by atoms with Crippen molar-refractivity contribution < 1.29 is 14.3 Å². The zero-order valence-electron chi connectivity index (χ0n) is 15.3. The third-order valence-electron chi connectivity index (χ3n) is 3.68. The highest BCUT2D eigenvalue weighted by atomic mass is 32.2. The number of hydrogen-bond donors (Lipinski definition) is 1. The third-order valence-corrected chi connectivity index (χ3v) is 4.77. The molecule has 2 aromatic rings. The minimum atomic E-state index is -0.435. The van der Waals surface area contributed by atoms with E-state index in [1.165, 1.54) is 23.4 Å². The molecule has 0 saturated carbocycles. The molecule has 0 fully saturated rings. The Labute approximate surface area is 156 Å². The maximum atomic E-state index is 12.8.